The third-order valence-corrected chi connectivity index (χ3v) is 2.56. The molecule has 0 aliphatic heterocycles. The molecule has 0 aliphatic carbocycles. The monoisotopic (exact) mass is 280 g/mol. The number of aliphatic hydroxyl groups is 1. The van der Waals surface area contributed by atoms with Crippen molar-refractivity contribution in [3.05, 3.63) is 30.0 Å². The molecule has 7 heteroatoms. The maximum Gasteiger partial charge on any atom is 0.253 e. The molecule has 20 heavy (non-hydrogen) atoms. The summed E-state index contributed by atoms with van der Waals surface area (Å²) in [4.78, 5) is 0. The first-order valence-corrected chi connectivity index (χ1v) is 6.04. The first-order chi connectivity index (χ1) is 9.78. The number of ether oxygens (including phenoxy) is 3. The summed E-state index contributed by atoms with van der Waals surface area (Å²) in [5.74, 6) is 2.28. The number of aliphatic hydroxyl groups excluding tert-OH is 1. The van der Waals surface area contributed by atoms with Gasteiger partial charge < -0.3 is 23.7 Å². The van der Waals surface area contributed by atoms with Crippen molar-refractivity contribution in [1.82, 2.24) is 10.2 Å². The van der Waals surface area contributed by atoms with E-state index >= 15 is 0 Å². The minimum absolute atomic E-state index is 0.0389. The van der Waals surface area contributed by atoms with Gasteiger partial charge in [-0.1, -0.05) is 6.07 Å². The fourth-order valence-electron chi connectivity index (χ4n) is 1.64. The molecule has 2 aromatic rings. The Hall–Kier alpha value is -2.28. The topological polar surface area (TPSA) is 86.8 Å². The largest absolute Gasteiger partial charge is 0.493 e. The van der Waals surface area contributed by atoms with E-state index < -0.39 is 0 Å². The molecule has 7 nitrogen and oxygen atoms in total. The first-order valence-electron chi connectivity index (χ1n) is 6.04. The maximum atomic E-state index is 8.78. The lowest BCUT2D eigenvalue weighted by Crippen LogP contribution is -2.00. The van der Waals surface area contributed by atoms with E-state index in [1.165, 1.54) is 0 Å². The molecular formula is C13H16N2O5. The summed E-state index contributed by atoms with van der Waals surface area (Å²) in [5.41, 5.74) is 0. The van der Waals surface area contributed by atoms with Crippen LogP contribution in [0.25, 0.3) is 0 Å². The average molecular weight is 280 g/mol. The van der Waals surface area contributed by atoms with Gasteiger partial charge in [0.2, 0.25) is 11.6 Å². The highest BCUT2D eigenvalue weighted by Gasteiger charge is 2.13. The van der Waals surface area contributed by atoms with Gasteiger partial charge in [0.1, 0.15) is 0 Å². The predicted molar refractivity (Wildman–Crippen MR) is 69.0 cm³/mol. The Labute approximate surface area is 116 Å². The standard InChI is InChI=1S/C13H16N2O5/c1-17-9-4-3-5-10(18-2)13(9)19-8-12-15-14-11(20-12)6-7-16/h3-5,16H,6-8H2,1-2H3. The number of nitrogens with zero attached hydrogens (tertiary/aromatic N) is 2. The second-order valence-electron chi connectivity index (χ2n) is 3.84. The number of benzene rings is 1. The molecule has 0 bridgehead atoms. The molecule has 1 N–H and O–H groups in total. The molecule has 0 amide bonds. The molecule has 0 saturated heterocycles. The van der Waals surface area contributed by atoms with Crippen molar-refractivity contribution in [1.29, 1.82) is 0 Å². The Balaban J connectivity index is 2.09. The Morgan fingerprint density at radius 2 is 1.75 bits per heavy atom. The van der Waals surface area contributed by atoms with Crippen LogP contribution in [0.4, 0.5) is 0 Å². The molecule has 0 unspecified atom stereocenters. The second-order valence-corrected chi connectivity index (χ2v) is 3.84. The van der Waals surface area contributed by atoms with E-state index in [1.807, 2.05) is 0 Å². The van der Waals surface area contributed by atoms with Crippen LogP contribution in [0.3, 0.4) is 0 Å². The van der Waals surface area contributed by atoms with Crippen LogP contribution in [0, 0.1) is 0 Å². The van der Waals surface area contributed by atoms with Gasteiger partial charge in [-0.25, -0.2) is 0 Å². The highest BCUT2D eigenvalue weighted by molar-refractivity contribution is 5.51. The van der Waals surface area contributed by atoms with Gasteiger partial charge in [0.05, 0.1) is 20.8 Å². The zero-order valence-electron chi connectivity index (χ0n) is 11.3. The van der Waals surface area contributed by atoms with E-state index in [1.54, 1.807) is 32.4 Å². The van der Waals surface area contributed by atoms with Crippen molar-refractivity contribution >= 4 is 0 Å². The Bertz CT molecular complexity index is 533. The lowest BCUT2D eigenvalue weighted by Gasteiger charge is -2.12. The van der Waals surface area contributed by atoms with Crippen molar-refractivity contribution in [2.24, 2.45) is 0 Å². The lowest BCUT2D eigenvalue weighted by atomic mass is 10.3. The summed E-state index contributed by atoms with van der Waals surface area (Å²) in [6, 6.07) is 5.34. The van der Waals surface area contributed by atoms with Gasteiger partial charge in [0.25, 0.3) is 5.89 Å². The lowest BCUT2D eigenvalue weighted by molar-refractivity contribution is 0.231. The van der Waals surface area contributed by atoms with E-state index in [-0.39, 0.29) is 13.2 Å². The summed E-state index contributed by atoms with van der Waals surface area (Å²) in [5, 5.41) is 16.4. The summed E-state index contributed by atoms with van der Waals surface area (Å²) >= 11 is 0. The van der Waals surface area contributed by atoms with Gasteiger partial charge in [-0.3, -0.25) is 0 Å². The summed E-state index contributed by atoms with van der Waals surface area (Å²) in [6.07, 6.45) is 0.324. The fourth-order valence-corrected chi connectivity index (χ4v) is 1.64. The number of para-hydroxylation sites is 1. The normalized spacial score (nSPS) is 10.3. The van der Waals surface area contributed by atoms with Gasteiger partial charge >= 0.3 is 0 Å². The molecule has 1 aromatic carbocycles. The Morgan fingerprint density at radius 3 is 2.35 bits per heavy atom. The van der Waals surface area contributed by atoms with E-state index in [9.17, 15) is 0 Å². The van der Waals surface area contributed by atoms with Crippen LogP contribution < -0.4 is 14.2 Å². The minimum Gasteiger partial charge on any atom is -0.493 e. The van der Waals surface area contributed by atoms with Crippen LogP contribution >= 0.6 is 0 Å². The molecule has 0 atom stereocenters. The summed E-state index contributed by atoms with van der Waals surface area (Å²) < 4.78 is 21.4. The molecule has 0 radical (unpaired) electrons. The zero-order valence-corrected chi connectivity index (χ0v) is 11.3. The van der Waals surface area contributed by atoms with E-state index in [2.05, 4.69) is 10.2 Å². The number of hydrogen-bond donors (Lipinski definition) is 1. The molecule has 2 rings (SSSR count). The van der Waals surface area contributed by atoms with Crippen molar-refractivity contribution in [2.75, 3.05) is 20.8 Å². The van der Waals surface area contributed by atoms with Crippen LogP contribution in [0.2, 0.25) is 0 Å². The fraction of sp³-hybridized carbons (Fsp3) is 0.385. The molecule has 108 valence electrons. The quantitative estimate of drug-likeness (QED) is 0.815. The van der Waals surface area contributed by atoms with Crippen LogP contribution in [-0.2, 0) is 13.0 Å². The predicted octanol–water partition coefficient (Wildman–Crippen LogP) is 1.20. The summed E-state index contributed by atoms with van der Waals surface area (Å²) in [6.45, 7) is 0.0536. The zero-order chi connectivity index (χ0) is 14.4. The van der Waals surface area contributed by atoms with E-state index in [0.29, 0.717) is 35.5 Å². The molecule has 0 fully saturated rings. The van der Waals surface area contributed by atoms with Gasteiger partial charge in [-0.05, 0) is 12.1 Å². The number of rotatable bonds is 7. The number of aromatic nitrogens is 2. The van der Waals surface area contributed by atoms with Gasteiger partial charge in [0.15, 0.2) is 18.1 Å². The third-order valence-electron chi connectivity index (χ3n) is 2.56. The van der Waals surface area contributed by atoms with E-state index in [0.717, 1.165) is 0 Å². The van der Waals surface area contributed by atoms with Crippen LogP contribution in [0.15, 0.2) is 22.6 Å². The number of hydrogen-bond acceptors (Lipinski definition) is 7. The molecule has 0 aliphatic rings. The second kappa shape index (κ2) is 6.76. The highest BCUT2D eigenvalue weighted by atomic mass is 16.5. The van der Waals surface area contributed by atoms with Crippen molar-refractivity contribution in [3.63, 3.8) is 0 Å². The van der Waals surface area contributed by atoms with Crippen molar-refractivity contribution < 1.29 is 23.7 Å². The molecule has 1 aromatic heterocycles. The average Bonchev–Trinajstić information content (AvgIpc) is 2.92. The van der Waals surface area contributed by atoms with Crippen molar-refractivity contribution in [3.8, 4) is 17.2 Å². The summed E-state index contributed by atoms with van der Waals surface area (Å²) in [7, 11) is 3.10. The van der Waals surface area contributed by atoms with E-state index in [4.69, 9.17) is 23.7 Å². The Kier molecular flexibility index (Phi) is 4.78. The number of methoxy groups -OCH3 is 2. The van der Waals surface area contributed by atoms with Gasteiger partial charge in [-0.2, -0.15) is 0 Å². The first kappa shape index (κ1) is 14.1. The minimum atomic E-state index is -0.0389. The van der Waals surface area contributed by atoms with Gasteiger partial charge in [-0.15, -0.1) is 10.2 Å². The van der Waals surface area contributed by atoms with Gasteiger partial charge in [0, 0.05) is 6.42 Å². The Morgan fingerprint density at radius 1 is 1.10 bits per heavy atom. The maximum absolute atomic E-state index is 8.78. The highest BCUT2D eigenvalue weighted by Crippen LogP contribution is 2.37. The molecule has 1 heterocycles. The van der Waals surface area contributed by atoms with Crippen LogP contribution in [-0.4, -0.2) is 36.1 Å². The molecule has 0 saturated carbocycles. The molecular weight excluding hydrogens is 264 g/mol. The van der Waals surface area contributed by atoms with Crippen molar-refractivity contribution in [2.45, 2.75) is 13.0 Å². The van der Waals surface area contributed by atoms with Crippen LogP contribution in [0.5, 0.6) is 17.2 Å². The third kappa shape index (κ3) is 3.18. The molecule has 0 spiro atoms. The smallest absolute Gasteiger partial charge is 0.253 e. The van der Waals surface area contributed by atoms with Crippen LogP contribution in [0.1, 0.15) is 11.8 Å². The SMILES string of the molecule is COc1cccc(OC)c1OCc1nnc(CCO)o1.